The number of hydrogen-bond donors (Lipinski definition) is 2. The van der Waals surface area contributed by atoms with E-state index in [2.05, 4.69) is 0 Å². The molecule has 86 valence electrons. The molecule has 0 atom stereocenters. The van der Waals surface area contributed by atoms with Crippen LogP contribution in [0.4, 0.5) is 0 Å². The van der Waals surface area contributed by atoms with Gasteiger partial charge in [0, 0.05) is 16.3 Å². The van der Waals surface area contributed by atoms with Crippen molar-refractivity contribution in [2.24, 2.45) is 0 Å². The standard InChI is InChI=1S/C16H10O2/c17-13-8-7-12-15-9(3-1-5-11(13)15)10-4-2-6-14(18)16(10)12/h1-8,17-18H. The predicted octanol–water partition coefficient (Wildman–Crippen LogP) is 3.90. The molecule has 0 heterocycles. The van der Waals surface area contributed by atoms with Gasteiger partial charge in [0.15, 0.2) is 0 Å². The van der Waals surface area contributed by atoms with E-state index >= 15 is 0 Å². The summed E-state index contributed by atoms with van der Waals surface area (Å²) in [4.78, 5) is 0. The first-order chi connectivity index (χ1) is 8.77. The molecule has 0 spiro atoms. The smallest absolute Gasteiger partial charge is 0.124 e. The molecule has 0 fully saturated rings. The fraction of sp³-hybridized carbons (Fsp3) is 0. The first-order valence-corrected chi connectivity index (χ1v) is 5.85. The lowest BCUT2D eigenvalue weighted by Crippen LogP contribution is -1.77. The largest absolute Gasteiger partial charge is 0.507 e. The van der Waals surface area contributed by atoms with Gasteiger partial charge in [-0.1, -0.05) is 30.3 Å². The zero-order valence-corrected chi connectivity index (χ0v) is 9.51. The van der Waals surface area contributed by atoms with Crippen molar-refractivity contribution in [2.75, 3.05) is 0 Å². The molecule has 0 amide bonds. The van der Waals surface area contributed by atoms with E-state index in [1.165, 1.54) is 0 Å². The second-order valence-electron chi connectivity index (χ2n) is 4.56. The van der Waals surface area contributed by atoms with Gasteiger partial charge in [-0.15, -0.1) is 0 Å². The summed E-state index contributed by atoms with van der Waals surface area (Å²) in [5, 5.41) is 21.9. The van der Waals surface area contributed by atoms with Crippen LogP contribution >= 0.6 is 0 Å². The fourth-order valence-electron chi connectivity index (χ4n) is 2.87. The number of fused-ring (bicyclic) bond motifs is 3. The average molecular weight is 234 g/mol. The molecule has 1 aliphatic rings. The van der Waals surface area contributed by atoms with E-state index < -0.39 is 0 Å². The van der Waals surface area contributed by atoms with Crippen LogP contribution in [0.5, 0.6) is 11.5 Å². The van der Waals surface area contributed by atoms with E-state index in [0.717, 1.165) is 33.0 Å². The molecule has 0 bridgehead atoms. The molecule has 3 aromatic rings. The van der Waals surface area contributed by atoms with Crippen molar-refractivity contribution in [2.45, 2.75) is 0 Å². The van der Waals surface area contributed by atoms with E-state index in [9.17, 15) is 10.2 Å². The maximum Gasteiger partial charge on any atom is 0.124 e. The van der Waals surface area contributed by atoms with E-state index in [1.807, 2.05) is 36.4 Å². The Balaban J connectivity index is 2.30. The van der Waals surface area contributed by atoms with Crippen LogP contribution in [0.3, 0.4) is 0 Å². The first-order valence-electron chi connectivity index (χ1n) is 5.85. The van der Waals surface area contributed by atoms with E-state index in [1.54, 1.807) is 12.1 Å². The summed E-state index contributed by atoms with van der Waals surface area (Å²) in [5.41, 5.74) is 3.96. The van der Waals surface area contributed by atoms with Crippen molar-refractivity contribution in [3.63, 3.8) is 0 Å². The summed E-state index contributed by atoms with van der Waals surface area (Å²) in [5.74, 6) is 0.568. The monoisotopic (exact) mass is 234 g/mol. The highest BCUT2D eigenvalue weighted by molar-refractivity contribution is 6.17. The van der Waals surface area contributed by atoms with Gasteiger partial charge in [0.2, 0.25) is 0 Å². The van der Waals surface area contributed by atoms with Crippen molar-refractivity contribution >= 4 is 10.8 Å². The summed E-state index contributed by atoms with van der Waals surface area (Å²) in [6.07, 6.45) is 0. The second kappa shape index (κ2) is 3.05. The Kier molecular flexibility index (Phi) is 1.61. The minimum atomic E-state index is 0.280. The lowest BCUT2D eigenvalue weighted by atomic mass is 10.0. The van der Waals surface area contributed by atoms with E-state index in [0.29, 0.717) is 0 Å². The number of rotatable bonds is 0. The van der Waals surface area contributed by atoms with Crippen molar-refractivity contribution < 1.29 is 10.2 Å². The minimum Gasteiger partial charge on any atom is -0.507 e. The van der Waals surface area contributed by atoms with Crippen molar-refractivity contribution in [3.8, 4) is 33.8 Å². The topological polar surface area (TPSA) is 40.5 Å². The van der Waals surface area contributed by atoms with Crippen LogP contribution in [0.1, 0.15) is 0 Å². The predicted molar refractivity (Wildman–Crippen MR) is 71.7 cm³/mol. The van der Waals surface area contributed by atoms with Gasteiger partial charge in [-0.3, -0.25) is 0 Å². The Hall–Kier alpha value is -2.48. The highest BCUT2D eigenvalue weighted by Crippen LogP contribution is 2.51. The Morgan fingerprint density at radius 1 is 0.611 bits per heavy atom. The van der Waals surface area contributed by atoms with Gasteiger partial charge in [0.05, 0.1) is 0 Å². The highest BCUT2D eigenvalue weighted by Gasteiger charge is 2.24. The third-order valence-corrected chi connectivity index (χ3v) is 3.62. The zero-order chi connectivity index (χ0) is 12.3. The van der Waals surface area contributed by atoms with E-state index in [4.69, 9.17) is 0 Å². The van der Waals surface area contributed by atoms with Crippen LogP contribution < -0.4 is 0 Å². The van der Waals surface area contributed by atoms with Crippen LogP contribution in [0.25, 0.3) is 33.0 Å². The summed E-state index contributed by atoms with van der Waals surface area (Å²) in [6.45, 7) is 0. The van der Waals surface area contributed by atoms with Crippen LogP contribution in [-0.4, -0.2) is 10.2 Å². The highest BCUT2D eigenvalue weighted by atomic mass is 16.3. The van der Waals surface area contributed by atoms with Gasteiger partial charge >= 0.3 is 0 Å². The van der Waals surface area contributed by atoms with Crippen molar-refractivity contribution in [1.29, 1.82) is 0 Å². The molecule has 2 nitrogen and oxygen atoms in total. The minimum absolute atomic E-state index is 0.280. The molecule has 0 saturated heterocycles. The SMILES string of the molecule is Oc1cccc2c1-c1ccc(O)c3cccc-2c13. The quantitative estimate of drug-likeness (QED) is 0.484. The normalized spacial score (nSPS) is 11.8. The number of aromatic hydroxyl groups is 2. The third-order valence-electron chi connectivity index (χ3n) is 3.62. The van der Waals surface area contributed by atoms with E-state index in [-0.39, 0.29) is 11.5 Å². The Morgan fingerprint density at radius 2 is 1.39 bits per heavy atom. The van der Waals surface area contributed by atoms with Gasteiger partial charge in [0.1, 0.15) is 11.5 Å². The van der Waals surface area contributed by atoms with Gasteiger partial charge < -0.3 is 10.2 Å². The molecule has 0 saturated carbocycles. The molecule has 4 rings (SSSR count). The lowest BCUT2D eigenvalue weighted by molar-refractivity contribution is 0.477. The molecule has 0 aliphatic heterocycles. The van der Waals surface area contributed by atoms with Gasteiger partial charge in [-0.2, -0.15) is 0 Å². The van der Waals surface area contributed by atoms with Crippen LogP contribution in [0.2, 0.25) is 0 Å². The Labute approximate surface area is 104 Å². The molecule has 18 heavy (non-hydrogen) atoms. The first kappa shape index (κ1) is 9.54. The number of phenolic OH excluding ortho intramolecular Hbond substituents is 2. The molecular weight excluding hydrogens is 224 g/mol. The Bertz CT molecular complexity index is 804. The molecular formula is C16H10O2. The Morgan fingerprint density at radius 3 is 2.28 bits per heavy atom. The summed E-state index contributed by atoms with van der Waals surface area (Å²) in [6, 6.07) is 15.0. The molecule has 0 unspecified atom stereocenters. The maximum absolute atomic E-state index is 10.1. The number of benzene rings is 3. The van der Waals surface area contributed by atoms with Crippen LogP contribution in [0, 0.1) is 0 Å². The average Bonchev–Trinajstić information content (AvgIpc) is 2.72. The lowest BCUT2D eigenvalue weighted by Gasteiger charge is -2.04. The summed E-state index contributed by atoms with van der Waals surface area (Å²) in [7, 11) is 0. The van der Waals surface area contributed by atoms with Gasteiger partial charge in [-0.25, -0.2) is 0 Å². The molecule has 2 N–H and O–H groups in total. The number of phenols is 2. The molecule has 0 aromatic heterocycles. The third kappa shape index (κ3) is 0.979. The van der Waals surface area contributed by atoms with Crippen LogP contribution in [-0.2, 0) is 0 Å². The zero-order valence-electron chi connectivity index (χ0n) is 9.51. The van der Waals surface area contributed by atoms with Gasteiger partial charge in [0.25, 0.3) is 0 Å². The maximum atomic E-state index is 10.1. The van der Waals surface area contributed by atoms with Crippen molar-refractivity contribution in [1.82, 2.24) is 0 Å². The molecule has 3 aromatic carbocycles. The molecule has 2 heteroatoms. The molecule has 1 aliphatic carbocycles. The van der Waals surface area contributed by atoms with Crippen LogP contribution in [0.15, 0.2) is 48.5 Å². The number of hydrogen-bond acceptors (Lipinski definition) is 2. The molecule has 0 radical (unpaired) electrons. The van der Waals surface area contributed by atoms with Crippen molar-refractivity contribution in [3.05, 3.63) is 48.5 Å². The fourth-order valence-corrected chi connectivity index (χ4v) is 2.87. The second-order valence-corrected chi connectivity index (χ2v) is 4.56. The summed E-state index contributed by atoms with van der Waals surface area (Å²) >= 11 is 0. The summed E-state index contributed by atoms with van der Waals surface area (Å²) < 4.78 is 0. The van der Waals surface area contributed by atoms with Gasteiger partial charge in [-0.05, 0) is 34.9 Å².